The van der Waals surface area contributed by atoms with Crippen LogP contribution in [0.3, 0.4) is 0 Å². The first-order valence-electron chi connectivity index (χ1n) is 8.07. The van der Waals surface area contributed by atoms with Gasteiger partial charge in [0.05, 0.1) is 21.3 Å². The highest BCUT2D eigenvalue weighted by Crippen LogP contribution is 2.43. The van der Waals surface area contributed by atoms with E-state index in [4.69, 9.17) is 14.2 Å². The summed E-state index contributed by atoms with van der Waals surface area (Å²) >= 11 is 0. The molecule has 9 heteroatoms. The summed E-state index contributed by atoms with van der Waals surface area (Å²) in [5, 5.41) is 3.25. The fraction of sp³-hybridized carbons (Fsp3) is 0.625. The summed E-state index contributed by atoms with van der Waals surface area (Å²) < 4.78 is 44.5. The third kappa shape index (κ3) is 3.81. The molecule has 1 heterocycles. The van der Waals surface area contributed by atoms with E-state index in [2.05, 4.69) is 5.32 Å². The fourth-order valence-electron chi connectivity index (χ4n) is 3.21. The van der Waals surface area contributed by atoms with Gasteiger partial charge in [-0.25, -0.2) is 8.42 Å². The summed E-state index contributed by atoms with van der Waals surface area (Å²) in [6.45, 7) is 1.51. The van der Waals surface area contributed by atoms with Crippen LogP contribution >= 0.6 is 12.4 Å². The Hall–Kier alpha value is -1.22. The van der Waals surface area contributed by atoms with Crippen LogP contribution in [0, 0.1) is 0 Å². The number of nitrogens with one attached hydrogen (secondary N) is 1. The van der Waals surface area contributed by atoms with Crippen LogP contribution in [0.2, 0.25) is 0 Å². The maximum Gasteiger partial charge on any atom is 0.251 e. The first-order chi connectivity index (χ1) is 11.5. The van der Waals surface area contributed by atoms with Gasteiger partial charge in [-0.3, -0.25) is 0 Å². The van der Waals surface area contributed by atoms with Crippen molar-refractivity contribution in [3.63, 3.8) is 0 Å². The number of halogens is 1. The van der Waals surface area contributed by atoms with Crippen molar-refractivity contribution in [2.75, 3.05) is 34.4 Å². The molecule has 2 fully saturated rings. The Morgan fingerprint density at radius 2 is 1.60 bits per heavy atom. The number of sulfonamides is 1. The lowest BCUT2D eigenvalue weighted by molar-refractivity contribution is 0.317. The molecule has 142 valence electrons. The minimum absolute atomic E-state index is 0. The highest BCUT2D eigenvalue weighted by molar-refractivity contribution is 7.89. The average Bonchev–Trinajstić information content (AvgIpc) is 3.26. The van der Waals surface area contributed by atoms with E-state index in [1.54, 1.807) is 16.4 Å². The molecule has 2 aliphatic rings. The van der Waals surface area contributed by atoms with Crippen LogP contribution in [-0.2, 0) is 10.0 Å². The number of hydrogen-bond donors (Lipinski definition) is 1. The van der Waals surface area contributed by atoms with Gasteiger partial charge in [0.25, 0.3) is 10.0 Å². The highest BCUT2D eigenvalue weighted by atomic mass is 35.5. The second kappa shape index (κ2) is 7.99. The van der Waals surface area contributed by atoms with Gasteiger partial charge in [-0.15, -0.1) is 12.4 Å². The van der Waals surface area contributed by atoms with Crippen LogP contribution < -0.4 is 19.5 Å². The highest BCUT2D eigenvalue weighted by Gasteiger charge is 2.45. The molecule has 0 spiro atoms. The molecule has 1 aromatic carbocycles. The molecule has 1 saturated heterocycles. The predicted molar refractivity (Wildman–Crippen MR) is 96.7 cm³/mol. The van der Waals surface area contributed by atoms with Gasteiger partial charge in [-0.2, -0.15) is 4.31 Å². The number of methoxy groups -OCH3 is 3. The molecule has 25 heavy (non-hydrogen) atoms. The SMILES string of the molecule is COc1cc(OC)c(S(=O)(=O)N(C2CC2)C2CCNC2)c(OC)c1.Cl. The topological polar surface area (TPSA) is 77.1 Å². The Bertz CT molecular complexity index is 677. The zero-order chi connectivity index (χ0) is 17.3. The monoisotopic (exact) mass is 392 g/mol. The minimum Gasteiger partial charge on any atom is -0.496 e. The second-order valence-corrected chi connectivity index (χ2v) is 7.85. The van der Waals surface area contributed by atoms with Crippen LogP contribution in [0.15, 0.2) is 17.0 Å². The van der Waals surface area contributed by atoms with E-state index in [-0.39, 0.29) is 40.9 Å². The van der Waals surface area contributed by atoms with Crippen LogP contribution in [-0.4, -0.2) is 59.2 Å². The molecule has 1 aliphatic carbocycles. The fourth-order valence-corrected chi connectivity index (χ4v) is 5.39. The van der Waals surface area contributed by atoms with E-state index >= 15 is 0 Å². The molecule has 1 atom stereocenters. The van der Waals surface area contributed by atoms with Crippen molar-refractivity contribution in [2.24, 2.45) is 0 Å². The lowest BCUT2D eigenvalue weighted by Crippen LogP contribution is -2.43. The van der Waals surface area contributed by atoms with E-state index in [1.807, 2.05) is 0 Å². The lowest BCUT2D eigenvalue weighted by Gasteiger charge is -2.29. The Morgan fingerprint density at radius 3 is 2.00 bits per heavy atom. The molecule has 0 radical (unpaired) electrons. The summed E-state index contributed by atoms with van der Waals surface area (Å²) in [5.41, 5.74) is 0. The number of rotatable bonds is 7. The Morgan fingerprint density at radius 1 is 1.00 bits per heavy atom. The molecular weight excluding hydrogens is 368 g/mol. The molecule has 1 unspecified atom stereocenters. The van der Waals surface area contributed by atoms with Crippen molar-refractivity contribution in [1.29, 1.82) is 0 Å². The van der Waals surface area contributed by atoms with E-state index in [0.717, 1.165) is 25.8 Å². The summed E-state index contributed by atoms with van der Waals surface area (Å²) in [5.74, 6) is 0.966. The molecule has 0 bridgehead atoms. The van der Waals surface area contributed by atoms with Crippen molar-refractivity contribution < 1.29 is 22.6 Å². The maximum atomic E-state index is 13.5. The molecule has 1 aromatic rings. The normalized spacial score (nSPS) is 20.2. The number of ether oxygens (including phenoxy) is 3. The number of nitrogens with zero attached hydrogens (tertiary/aromatic N) is 1. The molecule has 1 aliphatic heterocycles. The quantitative estimate of drug-likeness (QED) is 0.760. The molecule has 1 N–H and O–H groups in total. The molecule has 0 amide bonds. The standard InChI is InChI=1S/C16H24N2O5S.ClH/c1-21-13-8-14(22-2)16(15(9-13)23-3)24(19,20)18(11-4-5-11)12-6-7-17-10-12;/h8-9,11-12,17H,4-7,10H2,1-3H3;1H. The molecule has 3 rings (SSSR count). The second-order valence-electron chi connectivity index (χ2n) is 6.07. The summed E-state index contributed by atoms with van der Waals surface area (Å²) in [7, 11) is 0.673. The summed E-state index contributed by atoms with van der Waals surface area (Å²) in [6, 6.07) is 3.19. The van der Waals surface area contributed by atoms with Crippen molar-refractivity contribution in [3.8, 4) is 17.2 Å². The van der Waals surface area contributed by atoms with Crippen molar-refractivity contribution in [1.82, 2.24) is 9.62 Å². The molecule has 0 aromatic heterocycles. The van der Waals surface area contributed by atoms with Crippen LogP contribution in [0.5, 0.6) is 17.2 Å². The van der Waals surface area contributed by atoms with Crippen LogP contribution in [0.4, 0.5) is 0 Å². The Labute approximate surface area is 155 Å². The summed E-state index contributed by atoms with van der Waals surface area (Å²) in [4.78, 5) is 0.0760. The minimum atomic E-state index is -3.74. The van der Waals surface area contributed by atoms with E-state index in [0.29, 0.717) is 12.3 Å². The predicted octanol–water partition coefficient (Wildman–Crippen LogP) is 1.65. The molecule has 1 saturated carbocycles. The largest absolute Gasteiger partial charge is 0.496 e. The van der Waals surface area contributed by atoms with Crippen LogP contribution in [0.25, 0.3) is 0 Å². The smallest absolute Gasteiger partial charge is 0.251 e. The van der Waals surface area contributed by atoms with E-state index < -0.39 is 10.0 Å². The van der Waals surface area contributed by atoms with Gasteiger partial charge in [-0.05, 0) is 25.8 Å². The van der Waals surface area contributed by atoms with Crippen molar-refractivity contribution in [2.45, 2.75) is 36.2 Å². The first kappa shape index (κ1) is 20.1. The summed E-state index contributed by atoms with van der Waals surface area (Å²) in [6.07, 6.45) is 2.61. The maximum absolute atomic E-state index is 13.5. The molecular formula is C16H25ClN2O5S. The van der Waals surface area contributed by atoms with Gasteiger partial charge >= 0.3 is 0 Å². The Kier molecular flexibility index (Phi) is 6.42. The molecule has 7 nitrogen and oxygen atoms in total. The third-order valence-corrected chi connectivity index (χ3v) is 6.58. The third-order valence-electron chi connectivity index (χ3n) is 4.51. The van der Waals surface area contributed by atoms with E-state index in [9.17, 15) is 8.42 Å². The lowest BCUT2D eigenvalue weighted by atomic mass is 10.2. The van der Waals surface area contributed by atoms with Gasteiger partial charge < -0.3 is 19.5 Å². The number of benzene rings is 1. The van der Waals surface area contributed by atoms with E-state index in [1.165, 1.54) is 21.3 Å². The van der Waals surface area contributed by atoms with Crippen molar-refractivity contribution in [3.05, 3.63) is 12.1 Å². The van der Waals surface area contributed by atoms with Gasteiger partial charge in [0.15, 0.2) is 4.90 Å². The van der Waals surface area contributed by atoms with Gasteiger partial charge in [0, 0.05) is 30.8 Å². The Balaban J connectivity index is 0.00000225. The zero-order valence-electron chi connectivity index (χ0n) is 14.6. The van der Waals surface area contributed by atoms with Gasteiger partial charge in [-0.1, -0.05) is 0 Å². The number of hydrogen-bond acceptors (Lipinski definition) is 6. The average molecular weight is 393 g/mol. The van der Waals surface area contributed by atoms with Gasteiger partial charge in [0.2, 0.25) is 0 Å². The first-order valence-corrected chi connectivity index (χ1v) is 9.51. The zero-order valence-corrected chi connectivity index (χ0v) is 16.3. The van der Waals surface area contributed by atoms with Crippen molar-refractivity contribution >= 4 is 22.4 Å². The van der Waals surface area contributed by atoms with Crippen LogP contribution in [0.1, 0.15) is 19.3 Å². The van der Waals surface area contributed by atoms with Gasteiger partial charge in [0.1, 0.15) is 17.2 Å².